The molecule has 0 aliphatic carbocycles. The number of aromatic nitrogens is 1. The molecule has 0 saturated heterocycles. The molecule has 0 fully saturated rings. The summed E-state index contributed by atoms with van der Waals surface area (Å²) in [7, 11) is 1.75. The summed E-state index contributed by atoms with van der Waals surface area (Å²) in [5.41, 5.74) is 5.45. The maximum atomic E-state index is 11.9. The normalized spacial score (nSPS) is 11.2. The Kier molecular flexibility index (Phi) is 3.74. The summed E-state index contributed by atoms with van der Waals surface area (Å²) in [4.78, 5) is 16.4. The van der Waals surface area contributed by atoms with Crippen LogP contribution in [-0.4, -0.2) is 23.5 Å². The van der Waals surface area contributed by atoms with Gasteiger partial charge in [0.05, 0.1) is 0 Å². The molecule has 0 unspecified atom stereocenters. The van der Waals surface area contributed by atoms with Gasteiger partial charge < -0.3 is 16.4 Å². The van der Waals surface area contributed by atoms with E-state index in [2.05, 4.69) is 15.6 Å². The predicted octanol–water partition coefficient (Wildman–Crippen LogP) is 1.69. The van der Waals surface area contributed by atoms with Crippen molar-refractivity contribution < 1.29 is 4.79 Å². The monoisotopic (exact) mass is 242 g/mol. The van der Waals surface area contributed by atoms with Crippen molar-refractivity contribution in [3.05, 3.63) is 4.88 Å². The molecule has 0 aromatic carbocycles. The predicted molar refractivity (Wildman–Crippen MR) is 67.9 cm³/mol. The number of hydrogen-bond acceptors (Lipinski definition) is 5. The van der Waals surface area contributed by atoms with Gasteiger partial charge in [-0.05, 0) is 20.3 Å². The molecule has 0 saturated carbocycles. The van der Waals surface area contributed by atoms with E-state index in [1.165, 1.54) is 11.3 Å². The smallest absolute Gasteiger partial charge is 0.265 e. The van der Waals surface area contributed by atoms with Gasteiger partial charge in [0.25, 0.3) is 5.91 Å². The summed E-state index contributed by atoms with van der Waals surface area (Å²) in [6.07, 6.45) is 0.857. The second kappa shape index (κ2) is 4.69. The van der Waals surface area contributed by atoms with Crippen LogP contribution in [0.2, 0.25) is 0 Å². The largest absolute Gasteiger partial charge is 0.382 e. The van der Waals surface area contributed by atoms with Crippen molar-refractivity contribution >= 4 is 28.2 Å². The summed E-state index contributed by atoms with van der Waals surface area (Å²) < 4.78 is 0. The van der Waals surface area contributed by atoms with Crippen molar-refractivity contribution in [3.63, 3.8) is 0 Å². The molecule has 0 radical (unpaired) electrons. The second-order valence-corrected chi connectivity index (χ2v) is 5.17. The molecule has 0 aliphatic rings. The SMILES string of the molecule is CCC(C)(C)NC(=O)c1sc(NC)nc1N. The average Bonchev–Trinajstić information content (AvgIpc) is 2.59. The zero-order valence-corrected chi connectivity index (χ0v) is 10.9. The highest BCUT2D eigenvalue weighted by molar-refractivity contribution is 7.18. The number of nitrogens with two attached hydrogens (primary N) is 1. The Balaban J connectivity index is 2.84. The van der Waals surface area contributed by atoms with Gasteiger partial charge in [-0.25, -0.2) is 4.98 Å². The summed E-state index contributed by atoms with van der Waals surface area (Å²) in [5, 5.41) is 6.44. The molecule has 1 heterocycles. The third-order valence-corrected chi connectivity index (χ3v) is 3.50. The molecule has 6 heteroatoms. The van der Waals surface area contributed by atoms with Crippen molar-refractivity contribution in [2.75, 3.05) is 18.1 Å². The van der Waals surface area contributed by atoms with E-state index in [0.29, 0.717) is 10.0 Å². The quantitative estimate of drug-likeness (QED) is 0.750. The number of nitrogens with one attached hydrogen (secondary N) is 2. The number of amides is 1. The van der Waals surface area contributed by atoms with Crippen LogP contribution in [0.1, 0.15) is 36.9 Å². The Hall–Kier alpha value is -1.30. The molecule has 0 bridgehead atoms. The van der Waals surface area contributed by atoms with Gasteiger partial charge in [-0.1, -0.05) is 18.3 Å². The van der Waals surface area contributed by atoms with E-state index in [-0.39, 0.29) is 17.3 Å². The van der Waals surface area contributed by atoms with Crippen molar-refractivity contribution in [3.8, 4) is 0 Å². The first-order valence-corrected chi connectivity index (χ1v) is 5.98. The molecule has 1 aromatic rings. The second-order valence-electron chi connectivity index (χ2n) is 4.17. The van der Waals surface area contributed by atoms with Crippen LogP contribution in [-0.2, 0) is 0 Å². The van der Waals surface area contributed by atoms with Crippen molar-refractivity contribution in [2.45, 2.75) is 32.7 Å². The lowest BCUT2D eigenvalue weighted by Gasteiger charge is -2.23. The van der Waals surface area contributed by atoms with Crippen LogP contribution >= 0.6 is 11.3 Å². The molecule has 1 amide bonds. The van der Waals surface area contributed by atoms with Gasteiger partial charge in [0, 0.05) is 12.6 Å². The maximum absolute atomic E-state index is 11.9. The third kappa shape index (κ3) is 2.85. The first kappa shape index (κ1) is 12.8. The molecule has 5 nitrogen and oxygen atoms in total. The van der Waals surface area contributed by atoms with E-state index < -0.39 is 0 Å². The molecule has 0 aliphatic heterocycles. The van der Waals surface area contributed by atoms with Crippen molar-refractivity contribution in [2.24, 2.45) is 0 Å². The lowest BCUT2D eigenvalue weighted by atomic mass is 10.0. The Morgan fingerprint density at radius 3 is 2.62 bits per heavy atom. The number of nitrogen functional groups attached to an aromatic ring is 1. The molecule has 0 spiro atoms. The minimum atomic E-state index is -0.229. The summed E-state index contributed by atoms with van der Waals surface area (Å²) in [6, 6.07) is 0. The highest BCUT2D eigenvalue weighted by Gasteiger charge is 2.22. The molecule has 0 atom stereocenters. The molecular formula is C10H18N4OS. The fourth-order valence-electron chi connectivity index (χ4n) is 1.05. The van der Waals surface area contributed by atoms with E-state index in [9.17, 15) is 4.79 Å². The van der Waals surface area contributed by atoms with E-state index in [0.717, 1.165) is 6.42 Å². The van der Waals surface area contributed by atoms with Crippen LogP contribution in [0.15, 0.2) is 0 Å². The summed E-state index contributed by atoms with van der Waals surface area (Å²) in [5.74, 6) is 0.113. The zero-order chi connectivity index (χ0) is 12.3. The van der Waals surface area contributed by atoms with Gasteiger partial charge in [0.2, 0.25) is 0 Å². The fraction of sp³-hybridized carbons (Fsp3) is 0.600. The van der Waals surface area contributed by atoms with Crippen molar-refractivity contribution in [1.82, 2.24) is 10.3 Å². The van der Waals surface area contributed by atoms with Gasteiger partial charge in [-0.15, -0.1) is 0 Å². The highest BCUT2D eigenvalue weighted by Crippen LogP contribution is 2.25. The zero-order valence-electron chi connectivity index (χ0n) is 10.0. The standard InChI is InChI=1S/C10H18N4OS/c1-5-10(2,3)14-8(15)6-7(11)13-9(12-4)16-6/h5,11H2,1-4H3,(H,12,13)(H,14,15). The van der Waals surface area contributed by atoms with Gasteiger partial charge in [-0.3, -0.25) is 4.79 Å². The highest BCUT2D eigenvalue weighted by atomic mass is 32.1. The van der Waals surface area contributed by atoms with Gasteiger partial charge in [0.1, 0.15) is 10.7 Å². The minimum Gasteiger partial charge on any atom is -0.382 e. The minimum absolute atomic E-state index is 0.164. The number of rotatable bonds is 4. The van der Waals surface area contributed by atoms with Crippen LogP contribution in [0.25, 0.3) is 0 Å². The Bertz CT molecular complexity index is 386. The number of carbonyl (C=O) groups excluding carboxylic acids is 1. The Morgan fingerprint density at radius 1 is 1.56 bits per heavy atom. The lowest BCUT2D eigenvalue weighted by Crippen LogP contribution is -2.42. The summed E-state index contributed by atoms with van der Waals surface area (Å²) >= 11 is 1.26. The van der Waals surface area contributed by atoms with Crippen LogP contribution in [0, 0.1) is 0 Å². The van der Waals surface area contributed by atoms with Crippen LogP contribution < -0.4 is 16.4 Å². The molecular weight excluding hydrogens is 224 g/mol. The van der Waals surface area contributed by atoms with E-state index in [1.807, 2.05) is 20.8 Å². The van der Waals surface area contributed by atoms with Crippen LogP contribution in [0.3, 0.4) is 0 Å². The molecule has 4 N–H and O–H groups in total. The molecule has 1 rings (SSSR count). The van der Waals surface area contributed by atoms with E-state index in [4.69, 9.17) is 5.73 Å². The topological polar surface area (TPSA) is 80.0 Å². The average molecular weight is 242 g/mol. The van der Waals surface area contributed by atoms with E-state index >= 15 is 0 Å². The van der Waals surface area contributed by atoms with E-state index in [1.54, 1.807) is 7.05 Å². The Labute approximate surface area is 99.4 Å². The summed E-state index contributed by atoms with van der Waals surface area (Å²) in [6.45, 7) is 5.97. The Morgan fingerprint density at radius 2 is 2.19 bits per heavy atom. The third-order valence-electron chi connectivity index (χ3n) is 2.41. The molecule has 1 aromatic heterocycles. The fourth-order valence-corrected chi connectivity index (χ4v) is 1.79. The first-order valence-electron chi connectivity index (χ1n) is 5.16. The van der Waals surface area contributed by atoms with Crippen molar-refractivity contribution in [1.29, 1.82) is 0 Å². The van der Waals surface area contributed by atoms with Gasteiger partial charge in [-0.2, -0.15) is 0 Å². The first-order chi connectivity index (χ1) is 7.39. The number of hydrogen-bond donors (Lipinski definition) is 3. The van der Waals surface area contributed by atoms with Crippen LogP contribution in [0.5, 0.6) is 0 Å². The number of nitrogens with zero attached hydrogens (tertiary/aromatic N) is 1. The lowest BCUT2D eigenvalue weighted by molar-refractivity contribution is 0.0916. The maximum Gasteiger partial charge on any atom is 0.265 e. The molecule has 90 valence electrons. The van der Waals surface area contributed by atoms with Gasteiger partial charge in [0.15, 0.2) is 5.13 Å². The number of carbonyl (C=O) groups is 1. The number of anilines is 2. The number of thiazole rings is 1. The molecule has 16 heavy (non-hydrogen) atoms. The van der Waals surface area contributed by atoms with Crippen LogP contribution in [0.4, 0.5) is 10.9 Å². The van der Waals surface area contributed by atoms with Gasteiger partial charge >= 0.3 is 0 Å².